The predicted octanol–water partition coefficient (Wildman–Crippen LogP) is 0.863. The zero-order valence-electron chi connectivity index (χ0n) is 13.6. The summed E-state index contributed by atoms with van der Waals surface area (Å²) in [4.78, 5) is 13.7. The fourth-order valence-electron chi connectivity index (χ4n) is 4.67. The first kappa shape index (κ1) is 14.8. The van der Waals surface area contributed by atoms with Gasteiger partial charge >= 0.3 is 0 Å². The molecule has 2 fully saturated rings. The Morgan fingerprint density at radius 1 is 1.30 bits per heavy atom. The number of Topliss-reactive ketones (excluding diaryl/α,β-unsaturated/α-hetero) is 1. The normalized spacial score (nSPS) is 31.1. The molecule has 4 rings (SSSR count). The van der Waals surface area contributed by atoms with Gasteiger partial charge in [0.1, 0.15) is 18.8 Å². The van der Waals surface area contributed by atoms with Gasteiger partial charge in [-0.1, -0.05) is 18.2 Å². The molecule has 2 aliphatic heterocycles. The summed E-state index contributed by atoms with van der Waals surface area (Å²) in [6, 6.07) is 10.3. The number of hydrogen-bond donors (Lipinski definition) is 1. The van der Waals surface area contributed by atoms with Crippen LogP contribution in [0.15, 0.2) is 35.4 Å². The van der Waals surface area contributed by atoms with Crippen LogP contribution in [0.1, 0.15) is 26.2 Å². The minimum Gasteiger partial charge on any atom is -0.370 e. The Morgan fingerprint density at radius 2 is 2.04 bits per heavy atom. The average molecular weight is 314 g/mol. The summed E-state index contributed by atoms with van der Waals surface area (Å²) >= 11 is 0. The van der Waals surface area contributed by atoms with Crippen LogP contribution in [0.25, 0.3) is 0 Å². The Morgan fingerprint density at radius 3 is 2.74 bits per heavy atom. The van der Waals surface area contributed by atoms with E-state index in [9.17, 15) is 4.79 Å². The third-order valence-electron chi connectivity index (χ3n) is 5.61. The van der Waals surface area contributed by atoms with Crippen molar-refractivity contribution in [2.75, 3.05) is 31.3 Å². The van der Waals surface area contributed by atoms with E-state index in [0.29, 0.717) is 0 Å². The fraction of sp³-hybridized carbons (Fsp3) is 0.556. The van der Waals surface area contributed by atoms with Crippen LogP contribution in [-0.4, -0.2) is 43.5 Å². The van der Waals surface area contributed by atoms with Gasteiger partial charge in [-0.15, -0.1) is 0 Å². The van der Waals surface area contributed by atoms with E-state index in [1.807, 2.05) is 18.2 Å². The van der Waals surface area contributed by atoms with Gasteiger partial charge in [0, 0.05) is 13.3 Å². The molecule has 5 nitrogen and oxygen atoms in total. The van der Waals surface area contributed by atoms with Crippen LogP contribution in [0.4, 0.5) is 5.69 Å². The molecule has 3 aliphatic rings. The third-order valence-corrected chi connectivity index (χ3v) is 5.61. The number of carbonyl (C=O) groups excluding carboxylic acids is 1. The number of benzene rings is 1. The number of fused-ring (bicyclic) bond motifs is 1. The molecule has 1 saturated heterocycles. The van der Waals surface area contributed by atoms with E-state index < -0.39 is 0 Å². The molecule has 1 N–H and O–H groups in total. The molecular formula is C18H24N3O2+. The first-order chi connectivity index (χ1) is 11.2. The topological polar surface area (TPSA) is 46.3 Å². The molecule has 1 aliphatic carbocycles. The molecule has 0 radical (unpaired) electrons. The second-order valence-electron chi connectivity index (χ2n) is 6.77. The smallest absolute Gasteiger partial charge is 0.201 e. The molecule has 122 valence electrons. The van der Waals surface area contributed by atoms with Crippen molar-refractivity contribution in [3.8, 4) is 0 Å². The standard InChI is InChI=1S/C18H23N3O2/c1-14(22)17-16-8-5-9-18(16,20-10-12-23-13-11-20)21(19-17)15-6-3-2-4-7-15/h2-4,6-7,16H,5,8-13H2,1H3/p+1/t16-,18+/m0/s1. The van der Waals surface area contributed by atoms with Gasteiger partial charge in [-0.25, -0.2) is 5.01 Å². The first-order valence-corrected chi connectivity index (χ1v) is 8.61. The van der Waals surface area contributed by atoms with Crippen molar-refractivity contribution in [2.24, 2.45) is 11.0 Å². The Balaban J connectivity index is 1.81. The highest BCUT2D eigenvalue weighted by Crippen LogP contribution is 2.44. The van der Waals surface area contributed by atoms with E-state index in [0.717, 1.165) is 57.0 Å². The summed E-state index contributed by atoms with van der Waals surface area (Å²) in [6.45, 7) is 5.22. The second-order valence-corrected chi connectivity index (χ2v) is 6.77. The van der Waals surface area contributed by atoms with Crippen LogP contribution >= 0.6 is 0 Å². The SMILES string of the molecule is CC(=O)C1=NN(c2ccccc2)[C@]2([NH+]3CCOCC3)CCC[C@@H]12. The highest BCUT2D eigenvalue weighted by Gasteiger charge is 2.62. The quantitative estimate of drug-likeness (QED) is 0.900. The fourth-order valence-corrected chi connectivity index (χ4v) is 4.67. The molecule has 0 bridgehead atoms. The summed E-state index contributed by atoms with van der Waals surface area (Å²) in [5, 5.41) is 7.00. The number of ketones is 1. The molecule has 0 unspecified atom stereocenters. The van der Waals surface area contributed by atoms with Crippen molar-refractivity contribution in [1.29, 1.82) is 0 Å². The van der Waals surface area contributed by atoms with Gasteiger partial charge in [-0.3, -0.25) is 4.79 Å². The largest absolute Gasteiger partial charge is 0.370 e. The summed E-state index contributed by atoms with van der Waals surface area (Å²) < 4.78 is 5.58. The predicted molar refractivity (Wildman–Crippen MR) is 88.6 cm³/mol. The van der Waals surface area contributed by atoms with Gasteiger partial charge in [-0.05, 0) is 25.0 Å². The number of anilines is 1. The molecule has 23 heavy (non-hydrogen) atoms. The maximum absolute atomic E-state index is 12.2. The number of para-hydroxylation sites is 1. The molecule has 0 aromatic heterocycles. The van der Waals surface area contributed by atoms with Crippen LogP contribution in [0.2, 0.25) is 0 Å². The van der Waals surface area contributed by atoms with Crippen molar-refractivity contribution < 1.29 is 14.4 Å². The lowest BCUT2D eigenvalue weighted by atomic mass is 9.88. The number of morpholine rings is 1. The number of nitrogens with one attached hydrogen (secondary N) is 1. The minimum absolute atomic E-state index is 0.105. The van der Waals surface area contributed by atoms with E-state index >= 15 is 0 Å². The van der Waals surface area contributed by atoms with Crippen molar-refractivity contribution >= 4 is 17.2 Å². The van der Waals surface area contributed by atoms with Crippen molar-refractivity contribution in [1.82, 2.24) is 0 Å². The lowest BCUT2D eigenvalue weighted by Gasteiger charge is -2.44. The maximum atomic E-state index is 12.2. The number of rotatable bonds is 3. The summed E-state index contributed by atoms with van der Waals surface area (Å²) in [6.07, 6.45) is 3.30. The third kappa shape index (κ3) is 2.22. The average Bonchev–Trinajstić information content (AvgIpc) is 3.14. The highest BCUT2D eigenvalue weighted by atomic mass is 16.5. The number of carbonyl (C=O) groups is 1. The lowest BCUT2D eigenvalue weighted by molar-refractivity contribution is -0.960. The molecule has 0 spiro atoms. The highest BCUT2D eigenvalue weighted by molar-refractivity contribution is 6.40. The van der Waals surface area contributed by atoms with Crippen LogP contribution in [0, 0.1) is 5.92 Å². The molecule has 1 saturated carbocycles. The van der Waals surface area contributed by atoms with Crippen LogP contribution in [-0.2, 0) is 9.53 Å². The molecule has 1 aromatic carbocycles. The van der Waals surface area contributed by atoms with E-state index in [2.05, 4.69) is 17.1 Å². The molecule has 2 atom stereocenters. The summed E-state index contributed by atoms with van der Waals surface area (Å²) in [7, 11) is 0. The van der Waals surface area contributed by atoms with E-state index in [4.69, 9.17) is 9.84 Å². The Hall–Kier alpha value is -1.72. The second kappa shape index (κ2) is 5.73. The molecular weight excluding hydrogens is 290 g/mol. The number of quaternary nitrogens is 1. The number of hydrazone groups is 1. The number of ether oxygens (including phenoxy) is 1. The summed E-state index contributed by atoms with van der Waals surface area (Å²) in [5.41, 5.74) is 1.76. The van der Waals surface area contributed by atoms with Gasteiger partial charge in [0.25, 0.3) is 0 Å². The zero-order valence-corrected chi connectivity index (χ0v) is 13.6. The monoisotopic (exact) mass is 314 g/mol. The van der Waals surface area contributed by atoms with Crippen molar-refractivity contribution in [2.45, 2.75) is 31.8 Å². The number of nitrogens with zero attached hydrogens (tertiary/aromatic N) is 2. The van der Waals surface area contributed by atoms with Crippen molar-refractivity contribution in [3.05, 3.63) is 30.3 Å². The number of hydrogen-bond acceptors (Lipinski definition) is 4. The van der Waals surface area contributed by atoms with Gasteiger partial charge in [-0.2, -0.15) is 5.10 Å². The van der Waals surface area contributed by atoms with Crippen LogP contribution < -0.4 is 9.91 Å². The first-order valence-electron chi connectivity index (χ1n) is 8.61. The maximum Gasteiger partial charge on any atom is 0.201 e. The van der Waals surface area contributed by atoms with E-state index in [-0.39, 0.29) is 17.4 Å². The van der Waals surface area contributed by atoms with E-state index in [1.165, 1.54) is 4.90 Å². The van der Waals surface area contributed by atoms with Crippen LogP contribution in [0.5, 0.6) is 0 Å². The Bertz CT molecular complexity index is 624. The molecule has 1 aromatic rings. The summed E-state index contributed by atoms with van der Waals surface area (Å²) in [5.74, 6) is 0.362. The lowest BCUT2D eigenvalue weighted by Crippen LogP contribution is -3.24. The van der Waals surface area contributed by atoms with Gasteiger partial charge in [0.15, 0.2) is 5.78 Å². The van der Waals surface area contributed by atoms with Crippen LogP contribution in [0.3, 0.4) is 0 Å². The molecule has 0 amide bonds. The minimum atomic E-state index is -0.105. The molecule has 5 heteroatoms. The van der Waals surface area contributed by atoms with Gasteiger partial charge in [0.05, 0.1) is 24.8 Å². The Labute approximate surface area is 136 Å². The van der Waals surface area contributed by atoms with E-state index in [1.54, 1.807) is 6.92 Å². The molecule has 2 heterocycles. The Kier molecular flexibility index (Phi) is 3.70. The van der Waals surface area contributed by atoms with Gasteiger partial charge in [0.2, 0.25) is 5.66 Å². The van der Waals surface area contributed by atoms with Crippen molar-refractivity contribution in [3.63, 3.8) is 0 Å². The zero-order chi connectivity index (χ0) is 15.9. The van der Waals surface area contributed by atoms with Gasteiger partial charge < -0.3 is 9.64 Å².